The molecule has 0 aromatic heterocycles. The summed E-state index contributed by atoms with van der Waals surface area (Å²) < 4.78 is 5.14. The van der Waals surface area contributed by atoms with Gasteiger partial charge in [-0.05, 0) is 11.8 Å². The highest BCUT2D eigenvalue weighted by Gasteiger charge is 2.23. The Hall–Kier alpha value is -0.570. The van der Waals surface area contributed by atoms with Crippen molar-refractivity contribution in [2.75, 3.05) is 6.61 Å². The summed E-state index contributed by atoms with van der Waals surface area (Å²) in [5.41, 5.74) is 5.86. The van der Waals surface area contributed by atoms with E-state index in [2.05, 4.69) is 6.92 Å². The van der Waals surface area contributed by atoms with Crippen LogP contribution in [-0.4, -0.2) is 18.6 Å². The van der Waals surface area contributed by atoms with E-state index in [-0.39, 0.29) is 17.4 Å². The van der Waals surface area contributed by atoms with Crippen molar-refractivity contribution in [2.24, 2.45) is 11.1 Å². The number of ether oxygens (including phenoxy) is 1. The largest absolute Gasteiger partial charge is 0.466 e. The zero-order chi connectivity index (χ0) is 12.6. The third-order valence-corrected chi connectivity index (χ3v) is 2.76. The van der Waals surface area contributed by atoms with Crippen molar-refractivity contribution in [3.05, 3.63) is 0 Å². The van der Waals surface area contributed by atoms with Gasteiger partial charge in [0.05, 0.1) is 13.0 Å². The van der Waals surface area contributed by atoms with Gasteiger partial charge in [-0.1, -0.05) is 47.0 Å². The van der Waals surface area contributed by atoms with Crippen LogP contribution in [0.4, 0.5) is 0 Å². The van der Waals surface area contributed by atoms with Gasteiger partial charge in [-0.2, -0.15) is 0 Å². The maximum absolute atomic E-state index is 11.4. The summed E-state index contributed by atoms with van der Waals surface area (Å²) >= 11 is 0. The molecule has 0 radical (unpaired) electrons. The van der Waals surface area contributed by atoms with Crippen LogP contribution in [-0.2, 0) is 9.53 Å². The predicted molar refractivity (Wildman–Crippen MR) is 67.1 cm³/mol. The Labute approximate surface area is 99.7 Å². The molecule has 3 nitrogen and oxygen atoms in total. The Bertz CT molecular complexity index is 197. The highest BCUT2D eigenvalue weighted by molar-refractivity contribution is 5.70. The maximum atomic E-state index is 11.4. The summed E-state index contributed by atoms with van der Waals surface area (Å²) in [7, 11) is 0. The number of unbranched alkanes of at least 4 members (excludes halogenated alkanes) is 3. The first-order valence-electron chi connectivity index (χ1n) is 6.29. The lowest BCUT2D eigenvalue weighted by Crippen LogP contribution is -2.37. The van der Waals surface area contributed by atoms with E-state index in [1.165, 1.54) is 12.8 Å². The highest BCUT2D eigenvalue weighted by atomic mass is 16.5. The molecule has 0 heterocycles. The third kappa shape index (κ3) is 7.69. The molecule has 0 rings (SSSR count). The fourth-order valence-corrected chi connectivity index (χ4v) is 1.26. The second kappa shape index (κ2) is 7.66. The minimum atomic E-state index is -0.168. The van der Waals surface area contributed by atoms with Crippen molar-refractivity contribution in [3.63, 3.8) is 0 Å². The summed E-state index contributed by atoms with van der Waals surface area (Å²) in [4.78, 5) is 11.4. The van der Waals surface area contributed by atoms with Gasteiger partial charge in [0.1, 0.15) is 0 Å². The van der Waals surface area contributed by atoms with E-state index in [0.29, 0.717) is 13.0 Å². The molecular weight excluding hydrogens is 202 g/mol. The van der Waals surface area contributed by atoms with Crippen molar-refractivity contribution >= 4 is 5.97 Å². The van der Waals surface area contributed by atoms with Crippen molar-refractivity contribution in [2.45, 2.75) is 65.8 Å². The smallest absolute Gasteiger partial charge is 0.307 e. The van der Waals surface area contributed by atoms with Gasteiger partial charge in [0.25, 0.3) is 0 Å². The fraction of sp³-hybridized carbons (Fsp3) is 0.923. The topological polar surface area (TPSA) is 52.3 Å². The van der Waals surface area contributed by atoms with Crippen molar-refractivity contribution in [1.82, 2.24) is 0 Å². The number of hydrogen-bond donors (Lipinski definition) is 1. The molecule has 0 aliphatic carbocycles. The molecule has 0 amide bonds. The summed E-state index contributed by atoms with van der Waals surface area (Å²) in [6.45, 7) is 8.80. The minimum absolute atomic E-state index is 0.0404. The van der Waals surface area contributed by atoms with E-state index in [0.717, 1.165) is 12.8 Å². The Morgan fingerprint density at radius 1 is 1.25 bits per heavy atom. The molecule has 3 heteroatoms. The van der Waals surface area contributed by atoms with Crippen LogP contribution in [0.15, 0.2) is 0 Å². The highest BCUT2D eigenvalue weighted by Crippen LogP contribution is 2.19. The Morgan fingerprint density at radius 2 is 1.88 bits per heavy atom. The van der Waals surface area contributed by atoms with Crippen LogP contribution in [0.25, 0.3) is 0 Å². The molecule has 96 valence electrons. The van der Waals surface area contributed by atoms with E-state index in [9.17, 15) is 4.79 Å². The number of carbonyl (C=O) groups is 1. The second-order valence-electron chi connectivity index (χ2n) is 5.46. The fourth-order valence-electron chi connectivity index (χ4n) is 1.26. The van der Waals surface area contributed by atoms with Crippen LogP contribution >= 0.6 is 0 Å². The lowest BCUT2D eigenvalue weighted by atomic mass is 9.85. The molecule has 2 N–H and O–H groups in total. The Morgan fingerprint density at radius 3 is 2.38 bits per heavy atom. The first kappa shape index (κ1) is 15.4. The average Bonchev–Trinajstić information content (AvgIpc) is 2.16. The molecule has 1 unspecified atom stereocenters. The van der Waals surface area contributed by atoms with Crippen molar-refractivity contribution < 1.29 is 9.53 Å². The zero-order valence-electron chi connectivity index (χ0n) is 11.2. The Balaban J connectivity index is 3.59. The van der Waals surface area contributed by atoms with Crippen LogP contribution in [0.3, 0.4) is 0 Å². The van der Waals surface area contributed by atoms with E-state index in [4.69, 9.17) is 10.5 Å². The standard InChI is InChI=1S/C13H27NO2/c1-5-6-7-8-9-16-12(15)10-11(14)13(2,3)4/h11H,5-10,14H2,1-4H3. The zero-order valence-corrected chi connectivity index (χ0v) is 11.2. The molecule has 0 aromatic carbocycles. The summed E-state index contributed by atoms with van der Waals surface area (Å²) in [6.07, 6.45) is 4.82. The van der Waals surface area contributed by atoms with Gasteiger partial charge >= 0.3 is 5.97 Å². The molecule has 1 atom stereocenters. The SMILES string of the molecule is CCCCCCOC(=O)CC(N)C(C)(C)C. The first-order valence-corrected chi connectivity index (χ1v) is 6.29. The van der Waals surface area contributed by atoms with Crippen molar-refractivity contribution in [3.8, 4) is 0 Å². The molecule has 0 bridgehead atoms. The van der Waals surface area contributed by atoms with Crippen LogP contribution in [0.1, 0.15) is 59.8 Å². The van der Waals surface area contributed by atoms with E-state index in [1.807, 2.05) is 20.8 Å². The number of hydrogen-bond acceptors (Lipinski definition) is 3. The maximum Gasteiger partial charge on any atom is 0.307 e. The van der Waals surface area contributed by atoms with Crippen LogP contribution in [0, 0.1) is 5.41 Å². The molecule has 0 aliphatic rings. The first-order chi connectivity index (χ1) is 7.38. The van der Waals surface area contributed by atoms with Crippen LogP contribution in [0.5, 0.6) is 0 Å². The number of esters is 1. The van der Waals surface area contributed by atoms with Gasteiger partial charge in [0.2, 0.25) is 0 Å². The molecular formula is C13H27NO2. The quantitative estimate of drug-likeness (QED) is 0.539. The van der Waals surface area contributed by atoms with E-state index >= 15 is 0 Å². The molecule has 16 heavy (non-hydrogen) atoms. The molecule has 0 saturated carbocycles. The number of carbonyl (C=O) groups excluding carboxylic acids is 1. The lowest BCUT2D eigenvalue weighted by molar-refractivity contribution is -0.144. The van der Waals surface area contributed by atoms with Gasteiger partial charge in [0.15, 0.2) is 0 Å². The lowest BCUT2D eigenvalue weighted by Gasteiger charge is -2.26. The summed E-state index contributed by atoms with van der Waals surface area (Å²) in [5, 5.41) is 0. The molecule has 0 fully saturated rings. The van der Waals surface area contributed by atoms with Crippen molar-refractivity contribution in [1.29, 1.82) is 0 Å². The number of rotatable bonds is 7. The van der Waals surface area contributed by atoms with Crippen LogP contribution < -0.4 is 5.73 Å². The van der Waals surface area contributed by atoms with Gasteiger partial charge < -0.3 is 10.5 Å². The summed E-state index contributed by atoms with van der Waals surface area (Å²) in [5.74, 6) is -0.168. The van der Waals surface area contributed by atoms with E-state index in [1.54, 1.807) is 0 Å². The minimum Gasteiger partial charge on any atom is -0.466 e. The molecule has 0 aliphatic heterocycles. The van der Waals surface area contributed by atoms with Crippen LogP contribution in [0.2, 0.25) is 0 Å². The van der Waals surface area contributed by atoms with Gasteiger partial charge in [-0.3, -0.25) is 4.79 Å². The second-order valence-corrected chi connectivity index (χ2v) is 5.46. The van der Waals surface area contributed by atoms with Gasteiger partial charge in [-0.15, -0.1) is 0 Å². The average molecular weight is 229 g/mol. The predicted octanol–water partition coefficient (Wildman–Crippen LogP) is 2.87. The van der Waals surface area contributed by atoms with Gasteiger partial charge in [-0.25, -0.2) is 0 Å². The summed E-state index contributed by atoms with van der Waals surface area (Å²) in [6, 6.07) is -0.129. The van der Waals surface area contributed by atoms with E-state index < -0.39 is 0 Å². The monoisotopic (exact) mass is 229 g/mol. The molecule has 0 saturated heterocycles. The van der Waals surface area contributed by atoms with Gasteiger partial charge in [0, 0.05) is 6.04 Å². The number of nitrogens with two attached hydrogens (primary N) is 1. The Kier molecular flexibility index (Phi) is 7.39. The molecule has 0 aromatic rings. The normalized spacial score (nSPS) is 13.6. The molecule has 0 spiro atoms. The third-order valence-electron chi connectivity index (χ3n) is 2.76.